The van der Waals surface area contributed by atoms with Crippen molar-refractivity contribution in [3.8, 4) is 28.3 Å². The van der Waals surface area contributed by atoms with Gasteiger partial charge in [0.25, 0.3) is 0 Å². The molecule has 1 saturated carbocycles. The van der Waals surface area contributed by atoms with Crippen molar-refractivity contribution in [2.45, 2.75) is 51.7 Å². The van der Waals surface area contributed by atoms with Crippen LogP contribution in [0.4, 0.5) is 10.6 Å². The fourth-order valence-electron chi connectivity index (χ4n) is 6.37. The van der Waals surface area contributed by atoms with Crippen molar-refractivity contribution in [3.63, 3.8) is 0 Å². The zero-order valence-electron chi connectivity index (χ0n) is 23.5. The summed E-state index contributed by atoms with van der Waals surface area (Å²) in [7, 11) is 1.89. The lowest BCUT2D eigenvalue weighted by Gasteiger charge is -2.30. The molecule has 0 spiro atoms. The molecule has 0 unspecified atom stereocenters. The molecule has 1 saturated heterocycles. The number of alkyl carbamates (subject to hydrolysis) is 1. The van der Waals surface area contributed by atoms with Crippen molar-refractivity contribution in [2.75, 3.05) is 18.0 Å². The maximum atomic E-state index is 12.4. The van der Waals surface area contributed by atoms with Gasteiger partial charge in [-0.15, -0.1) is 0 Å². The minimum atomic E-state index is -0.510. The predicted octanol–water partition coefficient (Wildman–Crippen LogP) is 4.80. The second kappa shape index (κ2) is 9.37. The van der Waals surface area contributed by atoms with Gasteiger partial charge in [0, 0.05) is 66.5 Å². The van der Waals surface area contributed by atoms with Gasteiger partial charge in [-0.3, -0.25) is 4.68 Å². The van der Waals surface area contributed by atoms with E-state index in [-0.39, 0.29) is 11.6 Å². The number of aryl methyl sites for hydroxylation is 1. The van der Waals surface area contributed by atoms with Gasteiger partial charge in [0.05, 0.1) is 23.5 Å². The molecule has 4 aromatic rings. The first-order valence-corrected chi connectivity index (χ1v) is 13.6. The number of hydrogen-bond acceptors (Lipinski definition) is 7. The number of carbonyl (C=O) groups excluding carboxylic acids is 1. The first-order valence-electron chi connectivity index (χ1n) is 13.6. The second-order valence-electron chi connectivity index (χ2n) is 12.4. The monoisotopic (exact) mass is 538 g/mol. The molecule has 1 aliphatic heterocycles. The van der Waals surface area contributed by atoms with Gasteiger partial charge in [0.1, 0.15) is 17.5 Å². The van der Waals surface area contributed by atoms with Crippen LogP contribution in [-0.4, -0.2) is 54.7 Å². The van der Waals surface area contributed by atoms with E-state index < -0.39 is 5.60 Å². The summed E-state index contributed by atoms with van der Waals surface area (Å²) < 4.78 is 9.02. The first-order chi connectivity index (χ1) is 19.0. The summed E-state index contributed by atoms with van der Waals surface area (Å²) in [6.45, 7) is 9.58. The molecule has 0 aromatic carbocycles. The number of ether oxygens (including phenoxy) is 1. The molecule has 5 heterocycles. The number of amides is 1. The van der Waals surface area contributed by atoms with Crippen LogP contribution in [0.15, 0.2) is 49.2 Å². The largest absolute Gasteiger partial charge is 0.444 e. The van der Waals surface area contributed by atoms with E-state index in [1.165, 1.54) is 0 Å². The van der Waals surface area contributed by atoms with Crippen LogP contribution in [0.25, 0.3) is 27.8 Å². The third-order valence-corrected chi connectivity index (χ3v) is 7.96. The van der Waals surface area contributed by atoms with E-state index in [1.807, 2.05) is 52.6 Å². The van der Waals surface area contributed by atoms with Crippen LogP contribution >= 0.6 is 0 Å². The van der Waals surface area contributed by atoms with E-state index in [9.17, 15) is 10.1 Å². The minimum Gasteiger partial charge on any atom is -0.444 e. The summed E-state index contributed by atoms with van der Waals surface area (Å²) in [5, 5.41) is 21.6. The highest BCUT2D eigenvalue weighted by Gasteiger charge is 2.48. The second-order valence-corrected chi connectivity index (χ2v) is 12.4. The zero-order valence-corrected chi connectivity index (χ0v) is 23.5. The minimum absolute atomic E-state index is 0.255. The Kier molecular flexibility index (Phi) is 6.06. The molecule has 0 radical (unpaired) electrons. The average molecular weight is 539 g/mol. The topological polar surface area (TPSA) is 113 Å². The summed E-state index contributed by atoms with van der Waals surface area (Å²) in [4.78, 5) is 19.6. The molecule has 1 aliphatic carbocycles. The van der Waals surface area contributed by atoms with Gasteiger partial charge >= 0.3 is 6.09 Å². The molecular weight excluding hydrogens is 504 g/mol. The Balaban J connectivity index is 1.21. The maximum Gasteiger partial charge on any atom is 0.408 e. The number of aromatic nitrogens is 5. The van der Waals surface area contributed by atoms with E-state index in [4.69, 9.17) is 9.72 Å². The summed E-state index contributed by atoms with van der Waals surface area (Å²) in [6, 6.07) is 8.47. The molecule has 2 fully saturated rings. The number of nitrogens with one attached hydrogen (secondary N) is 1. The standard InChI is InChI=1S/C30H34N8O2/c1-29(2,3)40-28(39)35-30(4)9-21-16-37(17-22(21)10-30)26-7-6-19(12-32-26)25-8-20(24-14-33-36(5)15-24)18-38-27(25)23(11-31)13-34-38/h6-8,12-15,18,21-22H,9-10,16-17H2,1-5H3,(H,35,39)/t21-,22+,30-. The molecule has 40 heavy (non-hydrogen) atoms. The molecule has 10 nitrogen and oxygen atoms in total. The molecule has 10 heteroatoms. The molecule has 6 rings (SSSR count). The fourth-order valence-corrected chi connectivity index (χ4v) is 6.37. The highest BCUT2D eigenvalue weighted by molar-refractivity contribution is 5.87. The molecule has 4 aromatic heterocycles. The van der Waals surface area contributed by atoms with E-state index >= 15 is 0 Å². The highest BCUT2D eigenvalue weighted by Crippen LogP contribution is 2.45. The lowest BCUT2D eigenvalue weighted by Crippen LogP contribution is -2.47. The number of nitriles is 1. The van der Waals surface area contributed by atoms with Gasteiger partial charge in [0.2, 0.25) is 0 Å². The van der Waals surface area contributed by atoms with Crippen LogP contribution < -0.4 is 10.2 Å². The van der Waals surface area contributed by atoms with Crippen LogP contribution in [-0.2, 0) is 11.8 Å². The Hall–Kier alpha value is -4.39. The molecule has 1 amide bonds. The molecule has 2 aliphatic rings. The first kappa shape index (κ1) is 25.9. The lowest BCUT2D eigenvalue weighted by molar-refractivity contribution is 0.0462. The van der Waals surface area contributed by atoms with Crippen LogP contribution in [0.5, 0.6) is 0 Å². The Morgan fingerprint density at radius 3 is 2.42 bits per heavy atom. The number of fused-ring (bicyclic) bond motifs is 2. The van der Waals surface area contributed by atoms with Gasteiger partial charge in [-0.25, -0.2) is 14.3 Å². The summed E-state index contributed by atoms with van der Waals surface area (Å²) in [5.41, 5.74) is 4.27. The normalized spacial score (nSPS) is 22.4. The molecule has 206 valence electrons. The average Bonchev–Trinajstić information content (AvgIpc) is 3.64. The third kappa shape index (κ3) is 4.88. The highest BCUT2D eigenvalue weighted by atomic mass is 16.6. The zero-order chi connectivity index (χ0) is 28.2. The smallest absolute Gasteiger partial charge is 0.408 e. The number of nitrogens with zero attached hydrogens (tertiary/aromatic N) is 7. The molecule has 1 N–H and O–H groups in total. The van der Waals surface area contributed by atoms with Crippen molar-refractivity contribution in [1.82, 2.24) is 29.7 Å². The third-order valence-electron chi connectivity index (χ3n) is 7.96. The van der Waals surface area contributed by atoms with Crippen molar-refractivity contribution in [1.29, 1.82) is 5.26 Å². The van der Waals surface area contributed by atoms with Crippen LogP contribution in [0.1, 0.15) is 46.1 Å². The Bertz CT molecular complexity index is 1610. The Morgan fingerprint density at radius 2 is 1.82 bits per heavy atom. The molecular formula is C30H34N8O2. The van der Waals surface area contributed by atoms with Gasteiger partial charge in [-0.05, 0) is 70.6 Å². The van der Waals surface area contributed by atoms with Crippen molar-refractivity contribution < 1.29 is 9.53 Å². The summed E-state index contributed by atoms with van der Waals surface area (Å²) >= 11 is 0. The molecule has 3 atom stereocenters. The SMILES string of the molecule is Cn1cc(-c2cc(-c3ccc(N4C[C@@H]5C[C@](C)(NC(=O)OC(C)(C)C)C[C@@H]5C4)nc3)c3c(C#N)cnn3c2)cn1. The van der Waals surface area contributed by atoms with Crippen molar-refractivity contribution >= 4 is 17.4 Å². The summed E-state index contributed by atoms with van der Waals surface area (Å²) in [5.74, 6) is 1.91. The van der Waals surface area contributed by atoms with E-state index in [0.717, 1.165) is 59.5 Å². The maximum absolute atomic E-state index is 12.4. The van der Waals surface area contributed by atoms with Gasteiger partial charge in [-0.1, -0.05) is 0 Å². The van der Waals surface area contributed by atoms with Gasteiger partial charge < -0.3 is 15.0 Å². The van der Waals surface area contributed by atoms with Gasteiger partial charge in [0.15, 0.2) is 0 Å². The molecule has 0 bridgehead atoms. The van der Waals surface area contributed by atoms with E-state index in [2.05, 4.69) is 51.6 Å². The number of pyridine rings is 2. The summed E-state index contributed by atoms with van der Waals surface area (Å²) in [6.07, 6.45) is 10.7. The number of carbonyl (C=O) groups is 1. The quantitative estimate of drug-likeness (QED) is 0.397. The Labute approximate surface area is 233 Å². The van der Waals surface area contributed by atoms with Crippen LogP contribution in [0.3, 0.4) is 0 Å². The van der Waals surface area contributed by atoms with Gasteiger partial charge in [-0.2, -0.15) is 15.5 Å². The van der Waals surface area contributed by atoms with Crippen LogP contribution in [0.2, 0.25) is 0 Å². The van der Waals surface area contributed by atoms with E-state index in [1.54, 1.807) is 15.4 Å². The number of hydrogen-bond donors (Lipinski definition) is 1. The lowest BCUT2D eigenvalue weighted by atomic mass is 9.98. The van der Waals surface area contributed by atoms with Crippen molar-refractivity contribution in [2.24, 2.45) is 18.9 Å². The predicted molar refractivity (Wildman–Crippen MR) is 152 cm³/mol. The van der Waals surface area contributed by atoms with E-state index in [0.29, 0.717) is 17.4 Å². The number of anilines is 1. The van der Waals surface area contributed by atoms with Crippen molar-refractivity contribution in [3.05, 3.63) is 54.7 Å². The fraction of sp³-hybridized carbons (Fsp3) is 0.433. The number of rotatable bonds is 4. The van der Waals surface area contributed by atoms with Crippen LogP contribution in [0, 0.1) is 23.2 Å². The Morgan fingerprint density at radius 1 is 1.07 bits per heavy atom.